The van der Waals surface area contributed by atoms with Gasteiger partial charge in [-0.2, -0.15) is 0 Å². The number of carbonyl (C=O) groups is 1. The second-order valence-corrected chi connectivity index (χ2v) is 6.86. The number of nitrogens with zero attached hydrogens (tertiary/aromatic N) is 2. The monoisotopic (exact) mass is 286 g/mol. The number of β-amino-alcohol motifs (C(OH)–C–C–N with tert-alkyl or cyclic N) is 1. The summed E-state index contributed by atoms with van der Waals surface area (Å²) in [5, 5.41) is 10.1. The first-order valence-corrected chi connectivity index (χ1v) is 7.44. The van der Waals surface area contributed by atoms with E-state index in [2.05, 4.69) is 4.90 Å². The minimum Gasteiger partial charge on any atom is -0.391 e. The molecule has 5 nitrogen and oxygen atoms in total. The average molecular weight is 286 g/mol. The van der Waals surface area contributed by atoms with Crippen LogP contribution in [0.25, 0.3) is 0 Å². The minimum atomic E-state index is -0.336. The maximum atomic E-state index is 12.2. The molecule has 1 saturated heterocycles. The molecular weight excluding hydrogens is 256 g/mol. The molecule has 1 aliphatic rings. The Morgan fingerprint density at radius 1 is 1.25 bits per heavy atom. The second-order valence-electron chi connectivity index (χ2n) is 6.86. The molecule has 0 aliphatic carbocycles. The van der Waals surface area contributed by atoms with Crippen LogP contribution >= 0.6 is 0 Å². The first-order chi connectivity index (χ1) is 9.25. The highest BCUT2D eigenvalue weighted by Gasteiger charge is 2.28. The Morgan fingerprint density at radius 2 is 1.80 bits per heavy atom. The van der Waals surface area contributed by atoms with Crippen molar-refractivity contribution in [2.75, 3.05) is 46.4 Å². The molecule has 0 radical (unpaired) electrons. The van der Waals surface area contributed by atoms with Gasteiger partial charge in [-0.25, -0.2) is 0 Å². The predicted molar refractivity (Wildman–Crippen MR) is 79.5 cm³/mol. The zero-order chi connectivity index (χ0) is 15.3. The highest BCUT2D eigenvalue weighted by atomic mass is 16.5. The van der Waals surface area contributed by atoms with Crippen molar-refractivity contribution in [3.63, 3.8) is 0 Å². The number of rotatable bonds is 5. The Kier molecular flexibility index (Phi) is 6.43. The number of hydrogen-bond acceptors (Lipinski definition) is 4. The fraction of sp³-hybridized carbons (Fsp3) is 0.933. The number of carbonyl (C=O) groups excluding carboxylic acids is 1. The van der Waals surface area contributed by atoms with E-state index in [1.165, 1.54) is 0 Å². The lowest BCUT2D eigenvalue weighted by Gasteiger charge is -2.38. The average Bonchev–Trinajstić information content (AvgIpc) is 2.38. The molecular formula is C15H30N2O3. The summed E-state index contributed by atoms with van der Waals surface area (Å²) in [5.41, 5.74) is -0.0973. The summed E-state index contributed by atoms with van der Waals surface area (Å²) in [6.07, 6.45) is -0.336. The molecule has 1 heterocycles. The molecule has 2 unspecified atom stereocenters. The second kappa shape index (κ2) is 7.38. The van der Waals surface area contributed by atoms with Gasteiger partial charge in [0.1, 0.15) is 0 Å². The quantitative estimate of drug-likeness (QED) is 0.813. The first kappa shape index (κ1) is 17.4. The molecule has 1 aliphatic heterocycles. The number of aliphatic hydroxyl groups excluding tert-OH is 1. The maximum absolute atomic E-state index is 12.2. The molecule has 0 aromatic heterocycles. The van der Waals surface area contributed by atoms with Gasteiger partial charge in [-0.1, -0.05) is 27.7 Å². The Bertz CT molecular complexity index is 307. The van der Waals surface area contributed by atoms with Crippen LogP contribution in [0.5, 0.6) is 0 Å². The van der Waals surface area contributed by atoms with E-state index >= 15 is 0 Å². The van der Waals surface area contributed by atoms with E-state index < -0.39 is 0 Å². The van der Waals surface area contributed by atoms with Crippen LogP contribution in [0.4, 0.5) is 0 Å². The van der Waals surface area contributed by atoms with Gasteiger partial charge in [-0.15, -0.1) is 0 Å². The summed E-state index contributed by atoms with van der Waals surface area (Å²) < 4.78 is 5.04. The molecule has 20 heavy (non-hydrogen) atoms. The summed E-state index contributed by atoms with van der Waals surface area (Å²) in [7, 11) is 1.62. The van der Waals surface area contributed by atoms with Gasteiger partial charge >= 0.3 is 0 Å². The number of hydrogen-bond donors (Lipinski definition) is 1. The molecule has 118 valence electrons. The molecule has 1 fully saturated rings. The van der Waals surface area contributed by atoms with E-state index in [1.54, 1.807) is 7.11 Å². The molecule has 1 amide bonds. The predicted octanol–water partition coefficient (Wildman–Crippen LogP) is 0.820. The van der Waals surface area contributed by atoms with Crippen LogP contribution in [0.1, 0.15) is 27.7 Å². The maximum Gasteiger partial charge on any atom is 0.227 e. The first-order valence-electron chi connectivity index (χ1n) is 7.44. The van der Waals surface area contributed by atoms with Crippen molar-refractivity contribution in [3.05, 3.63) is 0 Å². The van der Waals surface area contributed by atoms with Crippen molar-refractivity contribution >= 4 is 5.91 Å². The lowest BCUT2D eigenvalue weighted by molar-refractivity contribution is -0.138. The van der Waals surface area contributed by atoms with Crippen molar-refractivity contribution in [2.45, 2.75) is 33.8 Å². The molecule has 0 spiro atoms. The summed E-state index contributed by atoms with van der Waals surface area (Å²) in [5.74, 6) is 0.0922. The third kappa shape index (κ3) is 5.04. The van der Waals surface area contributed by atoms with Gasteiger partial charge in [0, 0.05) is 39.8 Å². The Hall–Kier alpha value is -0.650. The summed E-state index contributed by atoms with van der Waals surface area (Å²) in [6, 6.07) is 0. The number of ether oxygens (including phenoxy) is 1. The number of piperazine rings is 1. The topological polar surface area (TPSA) is 53.0 Å². The van der Waals surface area contributed by atoms with E-state index in [-0.39, 0.29) is 23.3 Å². The lowest BCUT2D eigenvalue weighted by atomic mass is 9.89. The van der Waals surface area contributed by atoms with E-state index in [0.717, 1.165) is 26.2 Å². The van der Waals surface area contributed by atoms with Crippen molar-refractivity contribution in [2.24, 2.45) is 11.3 Å². The van der Waals surface area contributed by atoms with Crippen LogP contribution in [0, 0.1) is 11.3 Å². The number of amides is 1. The van der Waals surface area contributed by atoms with E-state index in [1.807, 2.05) is 32.6 Å². The van der Waals surface area contributed by atoms with Crippen LogP contribution in [-0.4, -0.2) is 73.4 Å². The van der Waals surface area contributed by atoms with Gasteiger partial charge < -0.3 is 14.7 Å². The summed E-state index contributed by atoms with van der Waals surface area (Å²) >= 11 is 0. The van der Waals surface area contributed by atoms with Crippen molar-refractivity contribution in [3.8, 4) is 0 Å². The normalized spacial score (nSPS) is 20.8. The highest BCUT2D eigenvalue weighted by Crippen LogP contribution is 2.20. The van der Waals surface area contributed by atoms with Crippen LogP contribution < -0.4 is 0 Å². The minimum absolute atomic E-state index is 0.0771. The Morgan fingerprint density at radius 3 is 2.25 bits per heavy atom. The largest absolute Gasteiger partial charge is 0.391 e. The fourth-order valence-corrected chi connectivity index (χ4v) is 2.30. The van der Waals surface area contributed by atoms with Gasteiger partial charge in [0.05, 0.1) is 18.6 Å². The molecule has 0 bridgehead atoms. The van der Waals surface area contributed by atoms with E-state index in [4.69, 9.17) is 4.74 Å². The Labute approximate surface area is 122 Å². The standard InChI is InChI=1S/C15H30N2O3/c1-12(11-20-5)14(19)17-8-6-16(7-9-17)10-13(18)15(2,3)4/h12-13,18H,6-11H2,1-5H3. The molecule has 0 saturated carbocycles. The van der Waals surface area contributed by atoms with Gasteiger partial charge in [-0.05, 0) is 5.41 Å². The van der Waals surface area contributed by atoms with Crippen molar-refractivity contribution < 1.29 is 14.6 Å². The number of methoxy groups -OCH3 is 1. The third-order valence-corrected chi connectivity index (χ3v) is 3.95. The zero-order valence-corrected chi connectivity index (χ0v) is 13.6. The number of aliphatic hydroxyl groups is 1. The SMILES string of the molecule is COCC(C)C(=O)N1CCN(CC(O)C(C)(C)C)CC1. The molecule has 5 heteroatoms. The molecule has 1 N–H and O–H groups in total. The molecule has 0 aromatic carbocycles. The lowest BCUT2D eigenvalue weighted by Crippen LogP contribution is -2.53. The van der Waals surface area contributed by atoms with Gasteiger partial charge in [0.15, 0.2) is 0 Å². The van der Waals surface area contributed by atoms with Gasteiger partial charge in [-0.3, -0.25) is 9.69 Å². The van der Waals surface area contributed by atoms with Crippen molar-refractivity contribution in [1.82, 2.24) is 9.80 Å². The van der Waals surface area contributed by atoms with E-state index in [9.17, 15) is 9.90 Å². The fourth-order valence-electron chi connectivity index (χ4n) is 2.30. The zero-order valence-electron chi connectivity index (χ0n) is 13.6. The summed E-state index contributed by atoms with van der Waals surface area (Å²) in [6.45, 7) is 12.3. The van der Waals surface area contributed by atoms with Crippen LogP contribution in [0.2, 0.25) is 0 Å². The van der Waals surface area contributed by atoms with Gasteiger partial charge in [0.2, 0.25) is 5.91 Å². The summed E-state index contributed by atoms with van der Waals surface area (Å²) in [4.78, 5) is 16.3. The third-order valence-electron chi connectivity index (χ3n) is 3.95. The van der Waals surface area contributed by atoms with Gasteiger partial charge in [0.25, 0.3) is 0 Å². The molecule has 1 rings (SSSR count). The van der Waals surface area contributed by atoms with Crippen molar-refractivity contribution in [1.29, 1.82) is 0 Å². The van der Waals surface area contributed by atoms with Crippen LogP contribution in [0.15, 0.2) is 0 Å². The Balaban J connectivity index is 2.38. The van der Waals surface area contributed by atoms with E-state index in [0.29, 0.717) is 13.2 Å². The van der Waals surface area contributed by atoms with Crippen LogP contribution in [0.3, 0.4) is 0 Å². The smallest absolute Gasteiger partial charge is 0.227 e. The highest BCUT2D eigenvalue weighted by molar-refractivity contribution is 5.78. The molecule has 0 aromatic rings. The molecule has 2 atom stereocenters. The van der Waals surface area contributed by atoms with Crippen LogP contribution in [-0.2, 0) is 9.53 Å².